The van der Waals surface area contributed by atoms with Gasteiger partial charge in [0.25, 0.3) is 0 Å². The van der Waals surface area contributed by atoms with Crippen molar-refractivity contribution in [2.24, 2.45) is 0 Å². The lowest BCUT2D eigenvalue weighted by Crippen LogP contribution is -2.27. The molecule has 0 spiro atoms. The van der Waals surface area contributed by atoms with E-state index in [4.69, 9.17) is 14.2 Å². The van der Waals surface area contributed by atoms with Gasteiger partial charge in [0.05, 0.1) is 23.2 Å². The van der Waals surface area contributed by atoms with Crippen LogP contribution in [0.3, 0.4) is 0 Å². The lowest BCUT2D eigenvalue weighted by Gasteiger charge is -2.20. The first-order valence-electron chi connectivity index (χ1n) is 11.1. The second-order valence-corrected chi connectivity index (χ2v) is 11.2. The number of rotatable bonds is 8. The number of hydrogen-bond acceptors (Lipinski definition) is 9. The zero-order chi connectivity index (χ0) is 23.5. The van der Waals surface area contributed by atoms with E-state index in [0.717, 1.165) is 36.2 Å². The predicted molar refractivity (Wildman–Crippen MR) is 132 cm³/mol. The summed E-state index contributed by atoms with van der Waals surface area (Å²) in [5, 5.41) is 0.410. The summed E-state index contributed by atoms with van der Waals surface area (Å²) in [7, 11) is -2.00. The Labute approximate surface area is 202 Å². The molecule has 0 amide bonds. The summed E-state index contributed by atoms with van der Waals surface area (Å²) < 4.78 is 44.3. The number of pyridine rings is 2. The monoisotopic (exact) mass is 502 g/mol. The molecule has 11 heteroatoms. The van der Waals surface area contributed by atoms with Crippen LogP contribution < -0.4 is 23.8 Å². The molecule has 0 bridgehead atoms. The maximum absolute atomic E-state index is 12.7. The molecule has 0 aliphatic carbocycles. The van der Waals surface area contributed by atoms with Gasteiger partial charge in [-0.1, -0.05) is 0 Å². The SMILES string of the molecule is COc1ccc2nccc(N3CCC(SCCNS(=O)(=O)c4ccc5c(c4)OCCO5)C3)c2n1. The molecule has 34 heavy (non-hydrogen) atoms. The minimum atomic E-state index is -3.61. The van der Waals surface area contributed by atoms with Crippen LogP contribution in [-0.4, -0.2) is 69.3 Å². The van der Waals surface area contributed by atoms with Gasteiger partial charge >= 0.3 is 0 Å². The number of nitrogens with one attached hydrogen (secondary N) is 1. The van der Waals surface area contributed by atoms with Gasteiger partial charge in [0.15, 0.2) is 11.5 Å². The van der Waals surface area contributed by atoms with Crippen molar-refractivity contribution in [1.29, 1.82) is 0 Å². The van der Waals surface area contributed by atoms with Gasteiger partial charge in [-0.2, -0.15) is 11.8 Å². The fourth-order valence-corrected chi connectivity index (χ4v) is 6.41. The lowest BCUT2D eigenvalue weighted by molar-refractivity contribution is 0.171. The molecule has 2 aliphatic heterocycles. The first-order valence-corrected chi connectivity index (χ1v) is 13.6. The van der Waals surface area contributed by atoms with Crippen LogP contribution in [0.25, 0.3) is 11.0 Å². The molecule has 2 aliphatic rings. The Hall–Kier alpha value is -2.76. The summed E-state index contributed by atoms with van der Waals surface area (Å²) in [6, 6.07) is 10.4. The molecule has 5 rings (SSSR count). The number of sulfonamides is 1. The number of aromatic nitrogens is 2. The Balaban J connectivity index is 1.15. The number of hydrogen-bond donors (Lipinski definition) is 1. The minimum absolute atomic E-state index is 0.182. The maximum atomic E-state index is 12.7. The average Bonchev–Trinajstić information content (AvgIpc) is 3.34. The van der Waals surface area contributed by atoms with Crippen LogP contribution >= 0.6 is 11.8 Å². The van der Waals surface area contributed by atoms with Crippen molar-refractivity contribution in [3.63, 3.8) is 0 Å². The third-order valence-electron chi connectivity index (χ3n) is 5.80. The Bertz CT molecular complexity index is 1290. The van der Waals surface area contributed by atoms with E-state index < -0.39 is 10.0 Å². The molecule has 1 saturated heterocycles. The van der Waals surface area contributed by atoms with Gasteiger partial charge in [-0.3, -0.25) is 4.98 Å². The summed E-state index contributed by atoms with van der Waals surface area (Å²) >= 11 is 1.78. The molecule has 0 radical (unpaired) electrons. The van der Waals surface area contributed by atoms with Gasteiger partial charge < -0.3 is 19.1 Å². The number of benzene rings is 1. The fraction of sp³-hybridized carbons (Fsp3) is 0.391. The van der Waals surface area contributed by atoms with Gasteiger partial charge in [-0.05, 0) is 30.7 Å². The Morgan fingerprint density at radius 3 is 2.88 bits per heavy atom. The fourth-order valence-electron chi connectivity index (χ4n) is 4.12. The highest BCUT2D eigenvalue weighted by molar-refractivity contribution is 8.00. The van der Waals surface area contributed by atoms with Gasteiger partial charge in [0.2, 0.25) is 15.9 Å². The van der Waals surface area contributed by atoms with Crippen LogP contribution in [0.1, 0.15) is 6.42 Å². The molecule has 4 heterocycles. The number of anilines is 1. The predicted octanol–water partition coefficient (Wildman–Crippen LogP) is 2.70. The number of thioether (sulfide) groups is 1. The quantitative estimate of drug-likeness (QED) is 0.466. The van der Waals surface area contributed by atoms with Gasteiger partial charge in [-0.25, -0.2) is 18.1 Å². The van der Waals surface area contributed by atoms with Gasteiger partial charge in [-0.15, -0.1) is 0 Å². The van der Waals surface area contributed by atoms with Crippen molar-refractivity contribution < 1.29 is 22.6 Å². The van der Waals surface area contributed by atoms with Crippen molar-refractivity contribution in [2.45, 2.75) is 16.6 Å². The van der Waals surface area contributed by atoms with E-state index in [1.807, 2.05) is 18.2 Å². The normalized spacial score (nSPS) is 17.8. The van der Waals surface area contributed by atoms with Crippen LogP contribution in [-0.2, 0) is 10.0 Å². The van der Waals surface area contributed by atoms with Crippen molar-refractivity contribution in [2.75, 3.05) is 50.6 Å². The number of nitrogens with zero attached hydrogens (tertiary/aromatic N) is 3. The Kier molecular flexibility index (Phi) is 6.66. The van der Waals surface area contributed by atoms with Crippen LogP contribution in [0.4, 0.5) is 5.69 Å². The van der Waals surface area contributed by atoms with E-state index in [0.29, 0.717) is 48.1 Å². The van der Waals surface area contributed by atoms with E-state index in [9.17, 15) is 8.42 Å². The molecule has 9 nitrogen and oxygen atoms in total. The molecule has 1 aromatic carbocycles. The zero-order valence-electron chi connectivity index (χ0n) is 18.8. The van der Waals surface area contributed by atoms with Gasteiger partial charge in [0.1, 0.15) is 18.7 Å². The van der Waals surface area contributed by atoms with Crippen LogP contribution in [0.15, 0.2) is 47.5 Å². The van der Waals surface area contributed by atoms with Crippen molar-refractivity contribution in [1.82, 2.24) is 14.7 Å². The van der Waals surface area contributed by atoms with E-state index in [1.54, 1.807) is 37.2 Å². The highest BCUT2D eigenvalue weighted by Gasteiger charge is 2.25. The van der Waals surface area contributed by atoms with Gasteiger partial charge in [0, 0.05) is 49.0 Å². The molecular weight excluding hydrogens is 476 g/mol. The second-order valence-electron chi connectivity index (χ2n) is 7.98. The third-order valence-corrected chi connectivity index (χ3v) is 8.56. The molecular formula is C23H26N4O5S2. The summed E-state index contributed by atoms with van der Waals surface area (Å²) in [4.78, 5) is 11.5. The summed E-state index contributed by atoms with van der Waals surface area (Å²) in [6.45, 7) is 3.03. The Morgan fingerprint density at radius 2 is 2.03 bits per heavy atom. The van der Waals surface area contributed by atoms with E-state index in [2.05, 4.69) is 19.6 Å². The van der Waals surface area contributed by atoms with Crippen molar-refractivity contribution in [3.05, 3.63) is 42.6 Å². The molecule has 2 aromatic heterocycles. The standard InChI is InChI=1S/C23H26N4O5S2/c1-30-22-5-3-18-23(26-22)19(6-8-24-18)27-10-7-16(15-27)33-13-9-25-34(28,29)17-2-4-20-21(14-17)32-12-11-31-20/h2-6,8,14,16,25H,7,9-13,15H2,1H3. The summed E-state index contributed by atoms with van der Waals surface area (Å²) in [6.07, 6.45) is 2.83. The molecule has 0 saturated carbocycles. The number of methoxy groups -OCH3 is 1. The minimum Gasteiger partial charge on any atom is -0.486 e. The van der Waals surface area contributed by atoms with Crippen molar-refractivity contribution in [3.8, 4) is 17.4 Å². The zero-order valence-corrected chi connectivity index (χ0v) is 20.4. The summed E-state index contributed by atoms with van der Waals surface area (Å²) in [5.41, 5.74) is 2.72. The maximum Gasteiger partial charge on any atom is 0.240 e. The molecule has 1 N–H and O–H groups in total. The average molecular weight is 503 g/mol. The highest BCUT2D eigenvalue weighted by atomic mass is 32.2. The van der Waals surface area contributed by atoms with Crippen LogP contribution in [0, 0.1) is 0 Å². The van der Waals surface area contributed by atoms with E-state index in [1.165, 1.54) is 6.07 Å². The largest absolute Gasteiger partial charge is 0.486 e. The summed E-state index contributed by atoms with van der Waals surface area (Å²) in [5.74, 6) is 2.29. The number of ether oxygens (including phenoxy) is 3. The van der Waals surface area contributed by atoms with Crippen molar-refractivity contribution >= 4 is 38.5 Å². The smallest absolute Gasteiger partial charge is 0.240 e. The van der Waals surface area contributed by atoms with Crippen LogP contribution in [0.2, 0.25) is 0 Å². The molecule has 1 unspecified atom stereocenters. The lowest BCUT2D eigenvalue weighted by atomic mass is 10.2. The molecule has 1 atom stereocenters. The second kappa shape index (κ2) is 9.85. The van der Waals surface area contributed by atoms with Crippen LogP contribution in [0.5, 0.6) is 17.4 Å². The topological polar surface area (TPSA) is 103 Å². The molecule has 1 fully saturated rings. The number of fused-ring (bicyclic) bond motifs is 2. The first kappa shape index (κ1) is 23.0. The first-order chi connectivity index (χ1) is 16.5. The Morgan fingerprint density at radius 1 is 1.18 bits per heavy atom. The van der Waals surface area contributed by atoms with E-state index >= 15 is 0 Å². The highest BCUT2D eigenvalue weighted by Crippen LogP contribution is 2.33. The van der Waals surface area contributed by atoms with E-state index in [-0.39, 0.29) is 4.90 Å². The molecule has 180 valence electrons. The third kappa shape index (κ3) is 4.86. The molecule has 3 aromatic rings.